The maximum atomic E-state index is 12.3. The Bertz CT molecular complexity index is 832. The van der Waals surface area contributed by atoms with Crippen LogP contribution in [-0.4, -0.2) is 32.2 Å². The van der Waals surface area contributed by atoms with Crippen LogP contribution in [0.4, 0.5) is 11.6 Å². The van der Waals surface area contributed by atoms with E-state index in [4.69, 9.17) is 20.8 Å². The lowest BCUT2D eigenvalue weighted by Gasteiger charge is -2.26. The minimum atomic E-state index is -0.542. The van der Waals surface area contributed by atoms with Crippen LogP contribution in [0.5, 0.6) is 0 Å². The number of furan rings is 1. The number of carbonyl (C=O) groups excluding carboxylic acids is 1. The Morgan fingerprint density at radius 1 is 1.24 bits per heavy atom. The number of hydrogen-bond donors (Lipinski definition) is 1. The smallest absolute Gasteiger partial charge is 0.266 e. The molecule has 1 aliphatic rings. The molecule has 1 aromatic heterocycles. The molecule has 3 rings (SSSR count). The molecule has 1 amide bonds. The van der Waals surface area contributed by atoms with E-state index in [1.165, 1.54) is 6.08 Å². The number of halogens is 1. The summed E-state index contributed by atoms with van der Waals surface area (Å²) in [7, 11) is 0. The topological polar surface area (TPSA) is 78.5 Å². The largest absolute Gasteiger partial charge is 0.441 e. The van der Waals surface area contributed by atoms with Gasteiger partial charge in [-0.2, -0.15) is 5.26 Å². The predicted octanol–water partition coefficient (Wildman–Crippen LogP) is 3.32. The molecule has 1 saturated heterocycles. The van der Waals surface area contributed by atoms with Crippen LogP contribution in [0.2, 0.25) is 5.02 Å². The zero-order valence-corrected chi connectivity index (χ0v) is 14.1. The highest BCUT2D eigenvalue weighted by Crippen LogP contribution is 2.23. The third-order valence-electron chi connectivity index (χ3n) is 3.71. The standard InChI is InChI=1S/C18H16ClN3O3/c19-15-3-1-2-4-16(15)21-18(23)13(12-20)11-14-5-6-17(25-14)22-7-9-24-10-8-22/h1-6,11H,7-10H2,(H,21,23)/b13-11-. The SMILES string of the molecule is N#C/C(=C/c1ccc(N2CCOCC2)o1)C(=O)Nc1ccccc1Cl. The zero-order valence-electron chi connectivity index (χ0n) is 13.4. The van der Waals surface area contributed by atoms with Crippen LogP contribution < -0.4 is 10.2 Å². The number of nitrogens with one attached hydrogen (secondary N) is 1. The number of hydrogen-bond acceptors (Lipinski definition) is 5. The summed E-state index contributed by atoms with van der Waals surface area (Å²) >= 11 is 6.01. The minimum Gasteiger partial charge on any atom is -0.441 e. The van der Waals surface area contributed by atoms with Crippen molar-refractivity contribution in [3.05, 3.63) is 52.8 Å². The van der Waals surface area contributed by atoms with Crippen molar-refractivity contribution in [3.63, 3.8) is 0 Å². The van der Waals surface area contributed by atoms with Crippen LogP contribution in [-0.2, 0) is 9.53 Å². The van der Waals surface area contributed by atoms with Crippen molar-refractivity contribution in [3.8, 4) is 6.07 Å². The van der Waals surface area contributed by atoms with Gasteiger partial charge < -0.3 is 19.4 Å². The molecule has 1 fully saturated rings. The molecule has 0 spiro atoms. The Kier molecular flexibility index (Phi) is 5.39. The van der Waals surface area contributed by atoms with Crippen molar-refractivity contribution in [1.82, 2.24) is 0 Å². The molecule has 1 aliphatic heterocycles. The van der Waals surface area contributed by atoms with E-state index in [9.17, 15) is 10.1 Å². The highest BCUT2D eigenvalue weighted by atomic mass is 35.5. The lowest BCUT2D eigenvalue weighted by atomic mass is 10.2. The fraction of sp³-hybridized carbons (Fsp3) is 0.222. The Morgan fingerprint density at radius 2 is 2.00 bits per heavy atom. The van der Waals surface area contributed by atoms with Gasteiger partial charge >= 0.3 is 0 Å². The van der Waals surface area contributed by atoms with E-state index in [2.05, 4.69) is 10.2 Å². The van der Waals surface area contributed by atoms with Gasteiger partial charge in [-0.05, 0) is 18.2 Å². The molecule has 2 aromatic rings. The lowest BCUT2D eigenvalue weighted by Crippen LogP contribution is -2.35. The average molecular weight is 358 g/mol. The summed E-state index contributed by atoms with van der Waals surface area (Å²) < 4.78 is 11.0. The fourth-order valence-electron chi connectivity index (χ4n) is 2.42. The first-order valence-corrected chi connectivity index (χ1v) is 8.15. The molecule has 0 bridgehead atoms. The number of benzene rings is 1. The van der Waals surface area contributed by atoms with Crippen molar-refractivity contribution in [2.24, 2.45) is 0 Å². The molecule has 2 heterocycles. The summed E-state index contributed by atoms with van der Waals surface area (Å²) in [6.45, 7) is 2.79. The summed E-state index contributed by atoms with van der Waals surface area (Å²) in [5.74, 6) is 0.589. The van der Waals surface area contributed by atoms with Gasteiger partial charge in [0.1, 0.15) is 17.4 Å². The summed E-state index contributed by atoms with van der Waals surface area (Å²) in [6, 6.07) is 12.3. The number of carbonyl (C=O) groups is 1. The zero-order chi connectivity index (χ0) is 17.6. The second-order valence-electron chi connectivity index (χ2n) is 5.38. The van der Waals surface area contributed by atoms with Gasteiger partial charge in [-0.3, -0.25) is 4.79 Å². The molecule has 6 nitrogen and oxygen atoms in total. The summed E-state index contributed by atoms with van der Waals surface area (Å²) in [5, 5.41) is 12.3. The Balaban J connectivity index is 1.74. The van der Waals surface area contributed by atoms with Gasteiger partial charge in [-0.1, -0.05) is 23.7 Å². The molecule has 0 atom stereocenters. The second-order valence-corrected chi connectivity index (χ2v) is 5.79. The number of ether oxygens (including phenoxy) is 1. The third kappa shape index (κ3) is 4.21. The van der Waals surface area contributed by atoms with Gasteiger partial charge in [0.15, 0.2) is 5.88 Å². The highest BCUT2D eigenvalue weighted by Gasteiger charge is 2.16. The van der Waals surface area contributed by atoms with Crippen molar-refractivity contribution in [2.45, 2.75) is 0 Å². The van der Waals surface area contributed by atoms with Crippen LogP contribution in [0.3, 0.4) is 0 Å². The molecule has 25 heavy (non-hydrogen) atoms. The molecular weight excluding hydrogens is 342 g/mol. The van der Waals surface area contributed by atoms with Crippen LogP contribution >= 0.6 is 11.6 Å². The van der Waals surface area contributed by atoms with Gasteiger partial charge in [0, 0.05) is 25.2 Å². The highest BCUT2D eigenvalue weighted by molar-refractivity contribution is 6.34. The second kappa shape index (κ2) is 7.88. The van der Waals surface area contributed by atoms with Gasteiger partial charge in [-0.25, -0.2) is 0 Å². The first-order chi connectivity index (χ1) is 12.2. The third-order valence-corrected chi connectivity index (χ3v) is 4.04. The number of amides is 1. The van der Waals surface area contributed by atoms with E-state index in [1.807, 2.05) is 12.1 Å². The van der Waals surface area contributed by atoms with E-state index in [-0.39, 0.29) is 5.57 Å². The number of anilines is 2. The summed E-state index contributed by atoms with van der Waals surface area (Å²) in [5.41, 5.74) is 0.381. The van der Waals surface area contributed by atoms with Crippen molar-refractivity contribution in [1.29, 1.82) is 5.26 Å². The molecule has 7 heteroatoms. The molecule has 128 valence electrons. The normalized spacial score (nSPS) is 14.9. The molecule has 0 saturated carbocycles. The first-order valence-electron chi connectivity index (χ1n) is 7.77. The van der Waals surface area contributed by atoms with Crippen molar-refractivity contribution >= 4 is 35.2 Å². The van der Waals surface area contributed by atoms with Gasteiger partial charge in [0.25, 0.3) is 5.91 Å². The number of para-hydroxylation sites is 1. The van der Waals surface area contributed by atoms with Crippen LogP contribution in [0, 0.1) is 11.3 Å². The van der Waals surface area contributed by atoms with Crippen LogP contribution in [0.25, 0.3) is 6.08 Å². The van der Waals surface area contributed by atoms with Crippen molar-refractivity contribution in [2.75, 3.05) is 36.5 Å². The number of nitriles is 1. The van der Waals surface area contributed by atoms with Gasteiger partial charge in [-0.15, -0.1) is 0 Å². The molecule has 1 N–H and O–H groups in total. The fourth-order valence-corrected chi connectivity index (χ4v) is 2.60. The minimum absolute atomic E-state index is 0.0669. The molecule has 0 aliphatic carbocycles. The first kappa shape index (κ1) is 17.1. The number of nitrogens with zero attached hydrogens (tertiary/aromatic N) is 2. The van der Waals surface area contributed by atoms with E-state index in [1.54, 1.807) is 30.3 Å². The van der Waals surface area contributed by atoms with E-state index in [0.29, 0.717) is 35.6 Å². The predicted molar refractivity (Wildman–Crippen MR) is 95.4 cm³/mol. The van der Waals surface area contributed by atoms with Gasteiger partial charge in [0.05, 0.1) is 23.9 Å². The number of rotatable bonds is 4. The maximum absolute atomic E-state index is 12.3. The maximum Gasteiger partial charge on any atom is 0.266 e. The van der Waals surface area contributed by atoms with Crippen LogP contribution in [0.1, 0.15) is 5.76 Å². The van der Waals surface area contributed by atoms with Crippen molar-refractivity contribution < 1.29 is 13.9 Å². The molecule has 0 radical (unpaired) electrons. The number of morpholine rings is 1. The van der Waals surface area contributed by atoms with Gasteiger partial charge in [0.2, 0.25) is 0 Å². The monoisotopic (exact) mass is 357 g/mol. The lowest BCUT2D eigenvalue weighted by molar-refractivity contribution is -0.112. The Hall–Kier alpha value is -2.75. The molecule has 0 unspecified atom stereocenters. The Labute approximate surface area is 150 Å². The Morgan fingerprint density at radius 3 is 2.72 bits per heavy atom. The van der Waals surface area contributed by atoms with Crippen LogP contribution in [0.15, 0.2) is 46.4 Å². The average Bonchev–Trinajstić information content (AvgIpc) is 3.11. The quantitative estimate of drug-likeness (QED) is 0.670. The molecular formula is C18H16ClN3O3. The van der Waals surface area contributed by atoms with E-state index < -0.39 is 5.91 Å². The molecule has 1 aromatic carbocycles. The summed E-state index contributed by atoms with van der Waals surface area (Å²) in [6.07, 6.45) is 1.41. The summed E-state index contributed by atoms with van der Waals surface area (Å²) in [4.78, 5) is 14.3. The van der Waals surface area contributed by atoms with E-state index >= 15 is 0 Å². The van der Waals surface area contributed by atoms with E-state index in [0.717, 1.165) is 13.1 Å².